The van der Waals surface area contributed by atoms with Crippen molar-refractivity contribution < 1.29 is 13.9 Å². The molecule has 0 spiro atoms. The molecular formula is C19H14FNO2S3. The Morgan fingerprint density at radius 3 is 2.69 bits per heavy atom. The molecule has 0 aliphatic rings. The highest BCUT2D eigenvalue weighted by Crippen LogP contribution is 2.41. The number of carbonyl (C=O) groups excluding carboxylic acids is 1. The molecule has 4 rings (SSSR count). The lowest BCUT2D eigenvalue weighted by molar-refractivity contribution is 0.0531. The molecule has 26 heavy (non-hydrogen) atoms. The Bertz CT molecular complexity index is 1110. The molecule has 4 aromatic rings. The van der Waals surface area contributed by atoms with E-state index in [9.17, 15) is 9.18 Å². The van der Waals surface area contributed by atoms with Gasteiger partial charge in [-0.05, 0) is 55.6 Å². The summed E-state index contributed by atoms with van der Waals surface area (Å²) in [6.45, 7) is 3.96. The smallest absolute Gasteiger partial charge is 0.350 e. The van der Waals surface area contributed by atoms with Gasteiger partial charge in [0, 0.05) is 14.5 Å². The lowest BCUT2D eigenvalue weighted by Gasteiger charge is -1.97. The van der Waals surface area contributed by atoms with Gasteiger partial charge in [-0.3, -0.25) is 0 Å². The normalized spacial score (nSPS) is 11.2. The summed E-state index contributed by atoms with van der Waals surface area (Å²) >= 11 is 4.61. The van der Waals surface area contributed by atoms with Gasteiger partial charge >= 0.3 is 5.97 Å². The van der Waals surface area contributed by atoms with E-state index in [-0.39, 0.29) is 11.8 Å². The molecule has 7 heteroatoms. The fourth-order valence-corrected chi connectivity index (χ4v) is 5.75. The second-order valence-corrected chi connectivity index (χ2v) is 8.78. The summed E-state index contributed by atoms with van der Waals surface area (Å²) in [5.41, 5.74) is 0.690. The molecule has 0 aliphatic carbocycles. The molecule has 3 aromatic heterocycles. The average molecular weight is 404 g/mol. The molecule has 0 aliphatic heterocycles. The molecule has 3 nitrogen and oxygen atoms in total. The van der Waals surface area contributed by atoms with Crippen LogP contribution in [0.1, 0.15) is 22.3 Å². The second kappa shape index (κ2) is 6.90. The van der Waals surface area contributed by atoms with Gasteiger partial charge in [-0.15, -0.1) is 34.0 Å². The van der Waals surface area contributed by atoms with Crippen molar-refractivity contribution in [2.45, 2.75) is 13.8 Å². The predicted molar refractivity (Wildman–Crippen MR) is 107 cm³/mol. The summed E-state index contributed by atoms with van der Waals surface area (Å²) in [5, 5.41) is 1.73. The third-order valence-electron chi connectivity index (χ3n) is 3.80. The molecule has 3 heterocycles. The summed E-state index contributed by atoms with van der Waals surface area (Å²) in [7, 11) is 0. The Hall–Kier alpha value is -2.09. The average Bonchev–Trinajstić information content (AvgIpc) is 3.31. The maximum Gasteiger partial charge on any atom is 0.350 e. The molecule has 0 saturated heterocycles. The zero-order chi connectivity index (χ0) is 18.3. The number of carbonyl (C=O) groups is 1. The van der Waals surface area contributed by atoms with Gasteiger partial charge in [-0.1, -0.05) is 0 Å². The zero-order valence-electron chi connectivity index (χ0n) is 14.0. The third-order valence-corrected chi connectivity index (χ3v) is 7.50. The fraction of sp³-hybridized carbons (Fsp3) is 0.158. The van der Waals surface area contributed by atoms with Crippen LogP contribution in [0.25, 0.3) is 29.7 Å². The number of aryl methyl sites for hydroxylation is 1. The van der Waals surface area contributed by atoms with E-state index in [1.807, 2.05) is 31.2 Å². The Balaban J connectivity index is 1.67. The molecule has 0 saturated carbocycles. The van der Waals surface area contributed by atoms with E-state index in [2.05, 4.69) is 4.98 Å². The Morgan fingerprint density at radius 2 is 1.88 bits per heavy atom. The number of hydrogen-bond donors (Lipinski definition) is 0. The second-order valence-electron chi connectivity index (χ2n) is 5.61. The van der Waals surface area contributed by atoms with Crippen molar-refractivity contribution in [2.75, 3.05) is 6.61 Å². The van der Waals surface area contributed by atoms with Gasteiger partial charge < -0.3 is 4.74 Å². The summed E-state index contributed by atoms with van der Waals surface area (Å²) in [6.07, 6.45) is 0. The van der Waals surface area contributed by atoms with E-state index >= 15 is 0 Å². The Kier molecular flexibility index (Phi) is 4.60. The van der Waals surface area contributed by atoms with Gasteiger partial charge in [0.1, 0.15) is 15.7 Å². The van der Waals surface area contributed by atoms with E-state index in [0.29, 0.717) is 17.2 Å². The number of fused-ring (bicyclic) bond motifs is 1. The van der Waals surface area contributed by atoms with Crippen LogP contribution in [0.3, 0.4) is 0 Å². The van der Waals surface area contributed by atoms with Crippen LogP contribution in [-0.2, 0) is 4.74 Å². The van der Waals surface area contributed by atoms with Crippen molar-refractivity contribution in [1.82, 2.24) is 4.98 Å². The van der Waals surface area contributed by atoms with E-state index in [0.717, 1.165) is 29.7 Å². The highest BCUT2D eigenvalue weighted by Gasteiger charge is 2.18. The maximum absolute atomic E-state index is 13.4. The number of thiazole rings is 1. The van der Waals surface area contributed by atoms with Gasteiger partial charge in [0.25, 0.3) is 0 Å². The van der Waals surface area contributed by atoms with Crippen LogP contribution in [-0.4, -0.2) is 17.6 Å². The van der Waals surface area contributed by atoms with Gasteiger partial charge in [0.2, 0.25) is 0 Å². The largest absolute Gasteiger partial charge is 0.462 e. The first kappa shape index (κ1) is 17.3. The minimum Gasteiger partial charge on any atom is -0.462 e. The van der Waals surface area contributed by atoms with Crippen LogP contribution in [0.5, 0.6) is 0 Å². The van der Waals surface area contributed by atoms with Crippen molar-refractivity contribution in [1.29, 1.82) is 0 Å². The molecule has 0 bridgehead atoms. The standard InChI is InChI=1S/C19H14FNO2S3/c1-3-23-19(22)17-10(2)21-18(26-17)15-7-6-14(25-15)16-9-11-8-12(20)4-5-13(11)24-16/h4-9H,3H2,1-2H3. The lowest BCUT2D eigenvalue weighted by Crippen LogP contribution is -2.03. The van der Waals surface area contributed by atoms with Gasteiger partial charge in [0.05, 0.1) is 17.2 Å². The first-order chi connectivity index (χ1) is 12.5. The fourth-order valence-electron chi connectivity index (χ4n) is 2.61. The molecule has 0 atom stereocenters. The SMILES string of the molecule is CCOC(=O)c1sc(-c2ccc(-c3cc4cc(F)ccc4s3)s2)nc1C. The van der Waals surface area contributed by atoms with Crippen molar-refractivity contribution in [3.05, 3.63) is 52.8 Å². The van der Waals surface area contributed by atoms with Crippen LogP contribution < -0.4 is 0 Å². The number of benzene rings is 1. The molecular weight excluding hydrogens is 389 g/mol. The first-order valence-electron chi connectivity index (χ1n) is 7.99. The van der Waals surface area contributed by atoms with Crippen LogP contribution >= 0.6 is 34.0 Å². The van der Waals surface area contributed by atoms with Gasteiger partial charge in [0.15, 0.2) is 0 Å². The van der Waals surface area contributed by atoms with Crippen LogP contribution in [0.2, 0.25) is 0 Å². The zero-order valence-corrected chi connectivity index (χ0v) is 16.5. The van der Waals surface area contributed by atoms with E-state index in [1.54, 1.807) is 35.7 Å². The lowest BCUT2D eigenvalue weighted by atomic mass is 10.2. The molecule has 1 aromatic carbocycles. The molecule has 132 valence electrons. The number of ether oxygens (including phenoxy) is 1. The minimum atomic E-state index is -0.322. The summed E-state index contributed by atoms with van der Waals surface area (Å²) < 4.78 is 19.5. The first-order valence-corrected chi connectivity index (χ1v) is 10.4. The molecule has 0 radical (unpaired) electrons. The topological polar surface area (TPSA) is 39.2 Å². The summed E-state index contributed by atoms with van der Waals surface area (Å²) in [5.74, 6) is -0.546. The van der Waals surface area contributed by atoms with E-state index < -0.39 is 0 Å². The van der Waals surface area contributed by atoms with Crippen molar-refractivity contribution in [3.8, 4) is 19.6 Å². The van der Waals surface area contributed by atoms with Crippen LogP contribution in [0.15, 0.2) is 36.4 Å². The Labute approximate surface area is 161 Å². The van der Waals surface area contributed by atoms with Crippen molar-refractivity contribution in [3.63, 3.8) is 0 Å². The van der Waals surface area contributed by atoms with Gasteiger partial charge in [-0.25, -0.2) is 14.2 Å². The van der Waals surface area contributed by atoms with Crippen LogP contribution in [0.4, 0.5) is 4.39 Å². The number of hydrogen-bond acceptors (Lipinski definition) is 6. The predicted octanol–water partition coefficient (Wildman–Crippen LogP) is 6.38. The number of thiophene rings is 2. The molecule has 0 unspecified atom stereocenters. The number of aromatic nitrogens is 1. The summed E-state index contributed by atoms with van der Waals surface area (Å²) in [6, 6.07) is 10.9. The molecule has 0 fully saturated rings. The maximum atomic E-state index is 13.4. The quantitative estimate of drug-likeness (QED) is 0.371. The summed E-state index contributed by atoms with van der Waals surface area (Å²) in [4.78, 5) is 20.3. The number of nitrogens with zero attached hydrogens (tertiary/aromatic N) is 1. The van der Waals surface area contributed by atoms with E-state index in [1.165, 1.54) is 17.4 Å². The number of esters is 1. The molecule has 0 N–H and O–H groups in total. The highest BCUT2D eigenvalue weighted by molar-refractivity contribution is 7.28. The van der Waals surface area contributed by atoms with Gasteiger partial charge in [-0.2, -0.15) is 0 Å². The Morgan fingerprint density at radius 1 is 1.08 bits per heavy atom. The highest BCUT2D eigenvalue weighted by atomic mass is 32.1. The molecule has 0 amide bonds. The number of halogens is 1. The number of rotatable bonds is 4. The van der Waals surface area contributed by atoms with Crippen LogP contribution in [0, 0.1) is 12.7 Å². The van der Waals surface area contributed by atoms with Crippen molar-refractivity contribution >= 4 is 50.1 Å². The monoisotopic (exact) mass is 403 g/mol. The minimum absolute atomic E-state index is 0.224. The van der Waals surface area contributed by atoms with Crippen molar-refractivity contribution in [2.24, 2.45) is 0 Å². The van der Waals surface area contributed by atoms with E-state index in [4.69, 9.17) is 4.74 Å². The third kappa shape index (κ3) is 3.18.